The number of nitrogen functional groups attached to an aromatic ring is 1. The van der Waals surface area contributed by atoms with Gasteiger partial charge >= 0.3 is 0 Å². The first-order chi connectivity index (χ1) is 13.4. The maximum absolute atomic E-state index is 13.6. The predicted molar refractivity (Wildman–Crippen MR) is 105 cm³/mol. The first kappa shape index (κ1) is 17.8. The number of nitrogens with one attached hydrogen (secondary N) is 1. The van der Waals surface area contributed by atoms with Crippen molar-refractivity contribution >= 4 is 35.1 Å². The van der Waals surface area contributed by atoms with Gasteiger partial charge in [-0.15, -0.1) is 11.3 Å². The van der Waals surface area contributed by atoms with Gasteiger partial charge in [-0.3, -0.25) is 5.01 Å². The van der Waals surface area contributed by atoms with Gasteiger partial charge in [-0.1, -0.05) is 6.58 Å². The van der Waals surface area contributed by atoms with E-state index in [9.17, 15) is 8.78 Å². The fourth-order valence-corrected chi connectivity index (χ4v) is 5.04. The number of hydrogen-bond donors (Lipinski definition) is 2. The lowest BCUT2D eigenvalue weighted by atomic mass is 9.71. The minimum absolute atomic E-state index is 0.00481. The predicted octanol–water partition coefficient (Wildman–Crippen LogP) is 2.23. The Bertz CT molecular complexity index is 1010. The van der Waals surface area contributed by atoms with E-state index in [0.717, 1.165) is 35.4 Å². The molecule has 2 fully saturated rings. The smallest absolute Gasteiger partial charge is 0.248 e. The van der Waals surface area contributed by atoms with Crippen LogP contribution in [0.25, 0.3) is 12.8 Å². The molecular weight excluding hydrogens is 382 g/mol. The molecule has 2 aromatic rings. The van der Waals surface area contributed by atoms with Gasteiger partial charge in [0.1, 0.15) is 5.82 Å². The quantitative estimate of drug-likeness (QED) is 0.817. The van der Waals surface area contributed by atoms with Crippen molar-refractivity contribution in [1.82, 2.24) is 20.4 Å². The van der Waals surface area contributed by atoms with E-state index in [2.05, 4.69) is 22.0 Å². The van der Waals surface area contributed by atoms with E-state index in [-0.39, 0.29) is 30.7 Å². The number of hydrazine groups is 1. The fraction of sp³-hybridized carbons (Fsp3) is 0.526. The van der Waals surface area contributed by atoms with Gasteiger partial charge in [0.2, 0.25) is 5.92 Å². The molecule has 28 heavy (non-hydrogen) atoms. The second-order valence-corrected chi connectivity index (χ2v) is 8.79. The van der Waals surface area contributed by atoms with Gasteiger partial charge < -0.3 is 11.2 Å². The summed E-state index contributed by atoms with van der Waals surface area (Å²) < 4.78 is 27.1. The van der Waals surface area contributed by atoms with E-state index in [0.29, 0.717) is 23.3 Å². The third kappa shape index (κ3) is 2.92. The molecule has 0 saturated heterocycles. The third-order valence-corrected chi connectivity index (χ3v) is 6.87. The van der Waals surface area contributed by atoms with E-state index in [1.807, 2.05) is 16.6 Å². The van der Waals surface area contributed by atoms with Crippen molar-refractivity contribution in [3.05, 3.63) is 27.5 Å². The zero-order valence-corrected chi connectivity index (χ0v) is 16.2. The van der Waals surface area contributed by atoms with E-state index in [4.69, 9.17) is 10.7 Å². The molecule has 5 rings (SSSR count). The zero-order valence-electron chi connectivity index (χ0n) is 15.4. The molecule has 3 aliphatic rings. The highest BCUT2D eigenvalue weighted by Gasteiger charge is 2.40. The van der Waals surface area contributed by atoms with Crippen molar-refractivity contribution in [2.75, 3.05) is 10.7 Å². The van der Waals surface area contributed by atoms with Gasteiger partial charge in [0.15, 0.2) is 10.9 Å². The van der Waals surface area contributed by atoms with Gasteiger partial charge in [-0.05, 0) is 25.7 Å². The molecule has 6 nitrogen and oxygen atoms in total. The molecule has 0 spiro atoms. The number of aromatic nitrogens is 3. The van der Waals surface area contributed by atoms with Crippen LogP contribution in [-0.4, -0.2) is 26.9 Å². The summed E-state index contributed by atoms with van der Waals surface area (Å²) >= 11 is 1.45. The summed E-state index contributed by atoms with van der Waals surface area (Å²) in [5.74, 6) is -0.578. The SMILES string of the molecule is C=c1nc([C@@H]2CC[C@H]2c2csc(N)n2)nc2c1=CNN2C1CCC(F)(F)CC1. The van der Waals surface area contributed by atoms with Crippen LogP contribution >= 0.6 is 11.3 Å². The Morgan fingerprint density at radius 3 is 2.54 bits per heavy atom. The number of rotatable bonds is 3. The number of fused-ring (bicyclic) bond motifs is 1. The van der Waals surface area contributed by atoms with Crippen molar-refractivity contribution in [3.63, 3.8) is 0 Å². The number of halogens is 2. The van der Waals surface area contributed by atoms with Crippen LogP contribution in [0.1, 0.15) is 61.9 Å². The largest absolute Gasteiger partial charge is 0.375 e. The Hall–Kier alpha value is -2.29. The van der Waals surface area contributed by atoms with Crippen molar-refractivity contribution in [1.29, 1.82) is 0 Å². The summed E-state index contributed by atoms with van der Waals surface area (Å²) in [5, 5.41) is 6.02. The summed E-state index contributed by atoms with van der Waals surface area (Å²) in [6.07, 6.45) is 4.55. The monoisotopic (exact) mass is 404 g/mol. The minimum Gasteiger partial charge on any atom is -0.375 e. The molecular formula is C19H22F2N6S. The summed E-state index contributed by atoms with van der Waals surface area (Å²) in [4.78, 5) is 13.9. The molecule has 0 bridgehead atoms. The lowest BCUT2D eigenvalue weighted by molar-refractivity contribution is -0.0384. The molecule has 0 aromatic carbocycles. The van der Waals surface area contributed by atoms with E-state index < -0.39 is 5.92 Å². The first-order valence-corrected chi connectivity index (χ1v) is 10.5. The van der Waals surface area contributed by atoms with Crippen molar-refractivity contribution < 1.29 is 8.78 Å². The standard InChI is InChI=1S/C19H22F2N6S/c1-10-14-8-23-27(11-4-6-19(20,21)7-5-11)17(14)26-16(24-10)13-3-2-12(13)15-9-28-18(22)25-15/h8-9,11-13,23H,1-7H2,(H2,22,25)/t12-,13-/m1/s1. The number of alkyl halides is 2. The third-order valence-electron chi connectivity index (χ3n) is 6.18. The molecule has 0 amide bonds. The van der Waals surface area contributed by atoms with Crippen molar-refractivity contribution in [2.24, 2.45) is 0 Å². The Labute approximate surface area is 165 Å². The van der Waals surface area contributed by atoms with Crippen LogP contribution in [0, 0.1) is 0 Å². The lowest BCUT2D eigenvalue weighted by Crippen LogP contribution is -2.46. The zero-order chi connectivity index (χ0) is 19.5. The molecule has 9 heteroatoms. The lowest BCUT2D eigenvalue weighted by Gasteiger charge is -2.36. The van der Waals surface area contributed by atoms with Gasteiger partial charge in [0.25, 0.3) is 0 Å². The van der Waals surface area contributed by atoms with Crippen LogP contribution in [-0.2, 0) is 0 Å². The van der Waals surface area contributed by atoms with Crippen LogP contribution in [0.15, 0.2) is 5.38 Å². The number of anilines is 2. The second-order valence-electron chi connectivity index (χ2n) is 7.90. The maximum atomic E-state index is 13.6. The molecule has 1 aliphatic heterocycles. The fourth-order valence-electron chi connectivity index (χ4n) is 4.41. The van der Waals surface area contributed by atoms with E-state index >= 15 is 0 Å². The number of nitrogens with zero attached hydrogens (tertiary/aromatic N) is 4. The highest BCUT2D eigenvalue weighted by molar-refractivity contribution is 7.13. The number of hydrogen-bond acceptors (Lipinski definition) is 7. The Kier molecular flexibility index (Phi) is 4.04. The molecule has 2 atom stereocenters. The molecule has 2 saturated carbocycles. The highest BCUT2D eigenvalue weighted by atomic mass is 32.1. The Morgan fingerprint density at radius 1 is 1.14 bits per heavy atom. The molecule has 3 N–H and O–H groups in total. The average Bonchev–Trinajstić information content (AvgIpc) is 3.21. The van der Waals surface area contributed by atoms with E-state index in [1.165, 1.54) is 11.3 Å². The van der Waals surface area contributed by atoms with Gasteiger partial charge in [0, 0.05) is 36.3 Å². The minimum atomic E-state index is -2.55. The second kappa shape index (κ2) is 6.37. The van der Waals surface area contributed by atoms with Gasteiger partial charge in [-0.25, -0.2) is 23.7 Å². The van der Waals surface area contributed by atoms with Crippen LogP contribution in [0.5, 0.6) is 0 Å². The van der Waals surface area contributed by atoms with E-state index in [1.54, 1.807) is 0 Å². The Balaban J connectivity index is 1.43. The molecule has 0 radical (unpaired) electrons. The summed E-state index contributed by atoms with van der Waals surface area (Å²) in [5.41, 5.74) is 10.00. The van der Waals surface area contributed by atoms with Crippen LogP contribution in [0.2, 0.25) is 0 Å². The molecule has 0 unspecified atom stereocenters. The number of thiazole rings is 1. The van der Waals surface area contributed by atoms with Crippen molar-refractivity contribution in [3.8, 4) is 0 Å². The van der Waals surface area contributed by atoms with Crippen LogP contribution < -0.4 is 26.7 Å². The highest BCUT2D eigenvalue weighted by Crippen LogP contribution is 2.48. The van der Waals surface area contributed by atoms with Gasteiger partial charge in [-0.2, -0.15) is 0 Å². The normalized spacial score (nSPS) is 26.3. The average molecular weight is 404 g/mol. The summed E-state index contributed by atoms with van der Waals surface area (Å²) in [6.45, 7) is 4.10. The Morgan fingerprint density at radius 2 is 1.89 bits per heavy atom. The topological polar surface area (TPSA) is 80.0 Å². The molecule has 148 valence electrons. The number of nitrogens with two attached hydrogens (primary N) is 1. The van der Waals surface area contributed by atoms with Crippen LogP contribution in [0.3, 0.4) is 0 Å². The summed E-state index contributed by atoms with van der Waals surface area (Å²) in [7, 11) is 0. The maximum Gasteiger partial charge on any atom is 0.248 e. The molecule has 3 heterocycles. The molecule has 2 aliphatic carbocycles. The summed E-state index contributed by atoms with van der Waals surface area (Å²) in [6, 6.07) is -0.00481. The van der Waals surface area contributed by atoms with Crippen LogP contribution in [0.4, 0.5) is 19.7 Å². The molecule has 2 aromatic heterocycles. The first-order valence-electron chi connectivity index (χ1n) is 9.62. The van der Waals surface area contributed by atoms with Gasteiger partial charge in [0.05, 0.1) is 22.3 Å². The van der Waals surface area contributed by atoms with Crippen molar-refractivity contribution in [2.45, 2.75) is 62.3 Å².